The maximum Gasteiger partial charge on any atom is 0.253 e. The fourth-order valence-corrected chi connectivity index (χ4v) is 5.78. The van der Waals surface area contributed by atoms with Crippen LogP contribution in [-0.2, 0) is 22.4 Å². The normalized spacial score (nSPS) is 16.2. The predicted molar refractivity (Wildman–Crippen MR) is 166 cm³/mol. The lowest BCUT2D eigenvalue weighted by atomic mass is 9.89. The molecule has 2 aliphatic heterocycles. The van der Waals surface area contributed by atoms with Crippen LogP contribution in [0.25, 0.3) is 0 Å². The van der Waals surface area contributed by atoms with Gasteiger partial charge in [0, 0.05) is 50.6 Å². The first-order valence-electron chi connectivity index (χ1n) is 15.0. The molecule has 0 bridgehead atoms. The highest BCUT2D eigenvalue weighted by Crippen LogP contribution is 2.30. The van der Waals surface area contributed by atoms with Gasteiger partial charge in [0.15, 0.2) is 0 Å². The van der Waals surface area contributed by atoms with E-state index in [4.69, 9.17) is 9.47 Å². The van der Waals surface area contributed by atoms with Gasteiger partial charge in [-0.25, -0.2) is 0 Å². The highest BCUT2D eigenvalue weighted by molar-refractivity contribution is 6.02. The van der Waals surface area contributed by atoms with E-state index >= 15 is 0 Å². The molecule has 0 aliphatic carbocycles. The number of ether oxygens (including phenoxy) is 2. The molecule has 2 amide bonds. The monoisotopic (exact) mass is 570 g/mol. The first-order chi connectivity index (χ1) is 20.6. The number of nitrogens with zero attached hydrogens (tertiary/aromatic N) is 2. The topological polar surface area (TPSA) is 83.1 Å². The molecule has 0 aromatic heterocycles. The summed E-state index contributed by atoms with van der Waals surface area (Å²) in [6, 6.07) is 23.8. The Morgan fingerprint density at radius 2 is 1.64 bits per heavy atom. The SMILES string of the molecule is COc1ccc(CC(=O)Nc2ccc(N3CCC(Cc4ccccc4)CC3)c(C(=O)NCCN3CCOCC3)c2)cc1. The van der Waals surface area contributed by atoms with Crippen molar-refractivity contribution in [3.05, 3.63) is 89.5 Å². The van der Waals surface area contributed by atoms with E-state index in [1.165, 1.54) is 5.56 Å². The molecule has 0 saturated carbocycles. The van der Waals surface area contributed by atoms with E-state index in [9.17, 15) is 9.59 Å². The Morgan fingerprint density at radius 1 is 0.905 bits per heavy atom. The summed E-state index contributed by atoms with van der Waals surface area (Å²) in [6.07, 6.45) is 3.48. The van der Waals surface area contributed by atoms with Gasteiger partial charge < -0.3 is 25.0 Å². The van der Waals surface area contributed by atoms with Gasteiger partial charge in [-0.3, -0.25) is 14.5 Å². The third-order valence-electron chi connectivity index (χ3n) is 8.19. The average molecular weight is 571 g/mol. The van der Waals surface area contributed by atoms with Gasteiger partial charge in [-0.2, -0.15) is 0 Å². The predicted octanol–water partition coefficient (Wildman–Crippen LogP) is 4.40. The fourth-order valence-electron chi connectivity index (χ4n) is 5.78. The third-order valence-corrected chi connectivity index (χ3v) is 8.19. The zero-order valence-corrected chi connectivity index (χ0v) is 24.5. The largest absolute Gasteiger partial charge is 0.497 e. The van der Waals surface area contributed by atoms with Crippen molar-refractivity contribution in [2.45, 2.75) is 25.7 Å². The molecule has 0 spiro atoms. The van der Waals surface area contributed by atoms with Crippen LogP contribution in [0.4, 0.5) is 11.4 Å². The van der Waals surface area contributed by atoms with Crippen LogP contribution in [0.1, 0.15) is 34.3 Å². The summed E-state index contributed by atoms with van der Waals surface area (Å²) in [6.45, 7) is 6.37. The lowest BCUT2D eigenvalue weighted by Gasteiger charge is -2.35. The zero-order valence-electron chi connectivity index (χ0n) is 24.5. The van der Waals surface area contributed by atoms with Crippen LogP contribution in [0.15, 0.2) is 72.8 Å². The van der Waals surface area contributed by atoms with E-state index in [-0.39, 0.29) is 18.2 Å². The summed E-state index contributed by atoms with van der Waals surface area (Å²) < 4.78 is 10.6. The number of anilines is 2. The number of morpholine rings is 1. The second kappa shape index (κ2) is 14.8. The molecule has 5 rings (SSSR count). The Labute approximate surface area is 249 Å². The number of hydrogen-bond donors (Lipinski definition) is 2. The zero-order chi connectivity index (χ0) is 29.1. The summed E-state index contributed by atoms with van der Waals surface area (Å²) in [7, 11) is 1.62. The van der Waals surface area contributed by atoms with Crippen LogP contribution in [0.2, 0.25) is 0 Å². The highest BCUT2D eigenvalue weighted by atomic mass is 16.5. The number of benzene rings is 3. The Bertz CT molecular complexity index is 1300. The second-order valence-corrected chi connectivity index (χ2v) is 11.1. The first kappa shape index (κ1) is 29.6. The maximum atomic E-state index is 13.5. The lowest BCUT2D eigenvalue weighted by Crippen LogP contribution is -2.41. The number of hydrogen-bond acceptors (Lipinski definition) is 6. The molecule has 0 unspecified atom stereocenters. The molecule has 2 aliphatic rings. The average Bonchev–Trinajstić information content (AvgIpc) is 3.03. The quantitative estimate of drug-likeness (QED) is 0.356. The molecule has 0 radical (unpaired) electrons. The van der Waals surface area contributed by atoms with Crippen molar-refractivity contribution in [3.63, 3.8) is 0 Å². The molecule has 0 atom stereocenters. The van der Waals surface area contributed by atoms with Gasteiger partial charge >= 0.3 is 0 Å². The lowest BCUT2D eigenvalue weighted by molar-refractivity contribution is -0.115. The van der Waals surface area contributed by atoms with E-state index in [2.05, 4.69) is 50.8 Å². The minimum Gasteiger partial charge on any atom is -0.497 e. The van der Waals surface area contributed by atoms with E-state index < -0.39 is 0 Å². The van der Waals surface area contributed by atoms with E-state index in [0.29, 0.717) is 23.7 Å². The molecular weight excluding hydrogens is 528 g/mol. The van der Waals surface area contributed by atoms with Crippen molar-refractivity contribution in [2.75, 3.05) is 69.8 Å². The molecule has 42 heavy (non-hydrogen) atoms. The third kappa shape index (κ3) is 8.33. The molecule has 3 aromatic rings. The Morgan fingerprint density at radius 3 is 2.36 bits per heavy atom. The van der Waals surface area contributed by atoms with Gasteiger partial charge in [0.1, 0.15) is 5.75 Å². The smallest absolute Gasteiger partial charge is 0.253 e. The molecule has 2 heterocycles. The van der Waals surface area contributed by atoms with Gasteiger partial charge in [0.25, 0.3) is 5.91 Å². The molecule has 222 valence electrons. The molecule has 8 nitrogen and oxygen atoms in total. The van der Waals surface area contributed by atoms with Gasteiger partial charge in [-0.1, -0.05) is 42.5 Å². The van der Waals surface area contributed by atoms with Crippen molar-refractivity contribution in [2.24, 2.45) is 5.92 Å². The molecule has 2 fully saturated rings. The molecule has 3 aromatic carbocycles. The Balaban J connectivity index is 1.25. The fraction of sp³-hybridized carbons (Fsp3) is 0.412. The highest BCUT2D eigenvalue weighted by Gasteiger charge is 2.24. The van der Waals surface area contributed by atoms with Gasteiger partial charge in [0.05, 0.1) is 32.3 Å². The minimum absolute atomic E-state index is 0.115. The standard InChI is InChI=1S/C34H42N4O4/c1-41-30-10-7-27(8-11-30)24-33(39)36-29-9-12-32(31(25-29)34(40)35-15-18-37-19-21-42-22-20-37)38-16-13-28(14-17-38)23-26-5-3-2-4-6-26/h2-12,25,28H,13-24H2,1H3,(H,35,40)(H,36,39). The van der Waals surface area contributed by atoms with Crippen molar-refractivity contribution in [1.29, 1.82) is 0 Å². The van der Waals surface area contributed by atoms with Crippen LogP contribution in [0.3, 0.4) is 0 Å². The Hall–Kier alpha value is -3.88. The van der Waals surface area contributed by atoms with Crippen molar-refractivity contribution < 1.29 is 19.1 Å². The molecule has 2 saturated heterocycles. The summed E-state index contributed by atoms with van der Waals surface area (Å²) in [4.78, 5) is 31.0. The van der Waals surface area contributed by atoms with E-state index in [0.717, 1.165) is 82.2 Å². The van der Waals surface area contributed by atoms with Crippen molar-refractivity contribution in [3.8, 4) is 5.75 Å². The Kier molecular flexibility index (Phi) is 10.5. The van der Waals surface area contributed by atoms with Crippen LogP contribution >= 0.6 is 0 Å². The van der Waals surface area contributed by atoms with Crippen molar-refractivity contribution >= 4 is 23.2 Å². The van der Waals surface area contributed by atoms with Gasteiger partial charge in [-0.15, -0.1) is 0 Å². The molecular formula is C34H42N4O4. The number of carbonyl (C=O) groups excluding carboxylic acids is 2. The first-order valence-corrected chi connectivity index (χ1v) is 15.0. The number of amides is 2. The molecule has 8 heteroatoms. The number of rotatable bonds is 11. The number of methoxy groups -OCH3 is 1. The van der Waals surface area contributed by atoms with Crippen LogP contribution < -0.4 is 20.3 Å². The van der Waals surface area contributed by atoms with Gasteiger partial charge in [0.2, 0.25) is 5.91 Å². The summed E-state index contributed by atoms with van der Waals surface area (Å²) in [5, 5.41) is 6.12. The van der Waals surface area contributed by atoms with E-state index in [1.807, 2.05) is 42.5 Å². The van der Waals surface area contributed by atoms with Gasteiger partial charge in [-0.05, 0) is 66.6 Å². The molecule has 2 N–H and O–H groups in total. The maximum absolute atomic E-state index is 13.5. The summed E-state index contributed by atoms with van der Waals surface area (Å²) >= 11 is 0. The number of carbonyl (C=O) groups is 2. The number of piperidine rings is 1. The summed E-state index contributed by atoms with van der Waals surface area (Å²) in [5.41, 5.74) is 4.41. The van der Waals surface area contributed by atoms with Crippen molar-refractivity contribution in [1.82, 2.24) is 10.2 Å². The van der Waals surface area contributed by atoms with Crippen LogP contribution in [0, 0.1) is 5.92 Å². The van der Waals surface area contributed by atoms with Crippen LogP contribution in [0.5, 0.6) is 5.75 Å². The minimum atomic E-state index is -0.131. The number of nitrogens with one attached hydrogen (secondary N) is 2. The summed E-state index contributed by atoms with van der Waals surface area (Å²) in [5.74, 6) is 1.14. The second-order valence-electron chi connectivity index (χ2n) is 11.1. The van der Waals surface area contributed by atoms with Crippen LogP contribution in [-0.4, -0.2) is 76.3 Å². The van der Waals surface area contributed by atoms with E-state index in [1.54, 1.807) is 7.11 Å².